The summed E-state index contributed by atoms with van der Waals surface area (Å²) in [5, 5.41) is 9.84. The van der Waals surface area contributed by atoms with Crippen LogP contribution in [0.1, 0.15) is 30.9 Å². The molecule has 0 bridgehead atoms. The lowest BCUT2D eigenvalue weighted by atomic mass is 9.80. The van der Waals surface area contributed by atoms with E-state index in [-0.39, 0.29) is 11.8 Å². The third kappa shape index (κ3) is 3.70. The zero-order valence-electron chi connectivity index (χ0n) is 16.8. The first-order valence-corrected chi connectivity index (χ1v) is 9.94. The molecule has 146 valence electrons. The molecule has 2 aromatic carbocycles. The van der Waals surface area contributed by atoms with Crippen LogP contribution < -0.4 is 5.73 Å². The van der Waals surface area contributed by atoms with E-state index < -0.39 is 0 Å². The Morgan fingerprint density at radius 2 is 1.72 bits per heavy atom. The Bertz CT molecular complexity index is 1030. The fourth-order valence-electron chi connectivity index (χ4n) is 4.04. The minimum Gasteiger partial charge on any atom is -0.440 e. The Kier molecular flexibility index (Phi) is 5.24. The van der Waals surface area contributed by atoms with E-state index in [4.69, 9.17) is 10.5 Å². The smallest absolute Gasteiger partial charge is 0.205 e. The Morgan fingerprint density at radius 1 is 1.07 bits per heavy atom. The molecule has 4 heteroatoms. The molecule has 0 spiro atoms. The normalized spacial score (nSPS) is 21.2. The molecule has 0 unspecified atom stereocenters. The highest BCUT2D eigenvalue weighted by Gasteiger charge is 2.38. The van der Waals surface area contributed by atoms with Gasteiger partial charge in [0.2, 0.25) is 5.88 Å². The van der Waals surface area contributed by atoms with Gasteiger partial charge in [-0.15, -0.1) is 0 Å². The number of nitrogens with two attached hydrogens (primary N) is 1. The molecule has 4 nitrogen and oxygen atoms in total. The quantitative estimate of drug-likeness (QED) is 0.844. The van der Waals surface area contributed by atoms with Crippen LogP contribution in [0.3, 0.4) is 0 Å². The highest BCUT2D eigenvalue weighted by molar-refractivity contribution is 5.63. The van der Waals surface area contributed by atoms with Gasteiger partial charge in [0.1, 0.15) is 17.4 Å². The summed E-state index contributed by atoms with van der Waals surface area (Å²) in [5.74, 6) is 0.832. The third-order valence-corrected chi connectivity index (χ3v) is 5.57. The Hall–Kier alpha value is -3.29. The Labute approximate surface area is 172 Å². The molecule has 2 N–H and O–H groups in total. The van der Waals surface area contributed by atoms with Crippen LogP contribution in [0.25, 0.3) is 6.08 Å². The van der Waals surface area contributed by atoms with E-state index in [1.807, 2.05) is 36.4 Å². The van der Waals surface area contributed by atoms with Crippen LogP contribution >= 0.6 is 0 Å². The van der Waals surface area contributed by atoms with Gasteiger partial charge in [0, 0.05) is 24.7 Å². The molecular formula is C25H25N3O. The van der Waals surface area contributed by atoms with Crippen LogP contribution in [0.5, 0.6) is 0 Å². The summed E-state index contributed by atoms with van der Waals surface area (Å²) in [6, 6.07) is 23.0. The zero-order valence-corrected chi connectivity index (χ0v) is 16.8. The number of rotatable bonds is 3. The van der Waals surface area contributed by atoms with Crippen molar-refractivity contribution in [3.63, 3.8) is 0 Å². The van der Waals surface area contributed by atoms with Crippen molar-refractivity contribution in [3.8, 4) is 6.07 Å². The molecule has 2 aliphatic heterocycles. The summed E-state index contributed by atoms with van der Waals surface area (Å²) in [7, 11) is 0. The molecule has 0 aliphatic carbocycles. The number of hydrogen-bond donors (Lipinski definition) is 1. The molecule has 2 heterocycles. The van der Waals surface area contributed by atoms with Crippen molar-refractivity contribution in [1.29, 1.82) is 5.26 Å². The average molecular weight is 383 g/mol. The lowest BCUT2D eigenvalue weighted by Gasteiger charge is -2.39. The lowest BCUT2D eigenvalue weighted by molar-refractivity contribution is 0.208. The van der Waals surface area contributed by atoms with E-state index in [9.17, 15) is 5.26 Å². The van der Waals surface area contributed by atoms with Gasteiger partial charge in [0.25, 0.3) is 0 Å². The zero-order chi connectivity index (χ0) is 20.4. The second kappa shape index (κ2) is 7.98. The van der Waals surface area contributed by atoms with E-state index >= 15 is 0 Å². The fraction of sp³-hybridized carbons (Fsp3) is 0.240. The van der Waals surface area contributed by atoms with E-state index in [1.165, 1.54) is 0 Å². The number of hydrogen-bond acceptors (Lipinski definition) is 4. The molecule has 0 saturated heterocycles. The van der Waals surface area contributed by atoms with Crippen LogP contribution in [0, 0.1) is 11.3 Å². The van der Waals surface area contributed by atoms with Gasteiger partial charge in [-0.2, -0.15) is 5.26 Å². The van der Waals surface area contributed by atoms with Crippen molar-refractivity contribution in [2.45, 2.75) is 25.8 Å². The summed E-state index contributed by atoms with van der Waals surface area (Å²) in [5.41, 5.74) is 11.1. The highest BCUT2D eigenvalue weighted by atomic mass is 16.5. The maximum atomic E-state index is 9.84. The molecule has 2 aromatic rings. The molecule has 29 heavy (non-hydrogen) atoms. The van der Waals surface area contributed by atoms with Crippen molar-refractivity contribution in [2.75, 3.05) is 13.1 Å². The first kappa shape index (κ1) is 19.0. The van der Waals surface area contributed by atoms with E-state index in [0.29, 0.717) is 11.6 Å². The summed E-state index contributed by atoms with van der Waals surface area (Å²) >= 11 is 0. The fourth-order valence-corrected chi connectivity index (χ4v) is 4.04. The van der Waals surface area contributed by atoms with Gasteiger partial charge < -0.3 is 10.5 Å². The standard InChI is InChI=1S/C25H25N3O/c1-17(2)28-15-20(13-18-9-5-3-6-10-18)24-22(16-28)23(19-11-7-4-8-12-19)21(14-26)25(27)29-24/h3-13,17,23H,15-16,27H2,1-2H3/b20-13-/t23-/m0/s1. The maximum Gasteiger partial charge on any atom is 0.205 e. The van der Waals surface area contributed by atoms with Crippen LogP contribution in [-0.4, -0.2) is 24.0 Å². The van der Waals surface area contributed by atoms with E-state index in [2.05, 4.69) is 55.2 Å². The molecule has 1 atom stereocenters. The van der Waals surface area contributed by atoms with Gasteiger partial charge in [-0.25, -0.2) is 0 Å². The number of ether oxygens (including phenoxy) is 1. The average Bonchev–Trinajstić information content (AvgIpc) is 2.74. The van der Waals surface area contributed by atoms with Gasteiger partial charge in [-0.1, -0.05) is 60.7 Å². The molecule has 0 radical (unpaired) electrons. The second-order valence-corrected chi connectivity index (χ2v) is 7.77. The first-order valence-electron chi connectivity index (χ1n) is 9.94. The number of nitrogens with zero attached hydrogens (tertiary/aromatic N) is 2. The molecule has 0 aromatic heterocycles. The van der Waals surface area contributed by atoms with Crippen molar-refractivity contribution in [2.24, 2.45) is 5.73 Å². The Morgan fingerprint density at radius 3 is 2.34 bits per heavy atom. The first-order chi connectivity index (χ1) is 14.1. The van der Waals surface area contributed by atoms with Crippen LogP contribution in [0.4, 0.5) is 0 Å². The molecule has 0 amide bonds. The topological polar surface area (TPSA) is 62.3 Å². The Balaban J connectivity index is 1.89. The number of allylic oxidation sites excluding steroid dienone is 1. The largest absolute Gasteiger partial charge is 0.440 e. The number of benzene rings is 2. The van der Waals surface area contributed by atoms with Crippen molar-refractivity contribution >= 4 is 6.08 Å². The highest BCUT2D eigenvalue weighted by Crippen LogP contribution is 2.44. The van der Waals surface area contributed by atoms with E-state index in [1.54, 1.807) is 0 Å². The molecule has 2 aliphatic rings. The van der Waals surface area contributed by atoms with Gasteiger partial charge in [0.05, 0.1) is 5.92 Å². The van der Waals surface area contributed by atoms with Gasteiger partial charge in [-0.3, -0.25) is 4.90 Å². The third-order valence-electron chi connectivity index (χ3n) is 5.57. The summed E-state index contributed by atoms with van der Waals surface area (Å²) in [6.45, 7) is 5.92. The lowest BCUT2D eigenvalue weighted by Crippen LogP contribution is -2.41. The molecule has 0 saturated carbocycles. The van der Waals surface area contributed by atoms with Gasteiger partial charge >= 0.3 is 0 Å². The van der Waals surface area contributed by atoms with Crippen molar-refractivity contribution < 1.29 is 4.74 Å². The van der Waals surface area contributed by atoms with Gasteiger partial charge in [0.15, 0.2) is 0 Å². The number of nitriles is 1. The van der Waals surface area contributed by atoms with Crippen molar-refractivity contribution in [1.82, 2.24) is 4.90 Å². The predicted octanol–water partition coefficient (Wildman–Crippen LogP) is 4.56. The molecule has 4 rings (SSSR count). The monoisotopic (exact) mass is 383 g/mol. The summed E-state index contributed by atoms with van der Waals surface area (Å²) in [6.07, 6.45) is 2.16. The minimum atomic E-state index is -0.189. The predicted molar refractivity (Wildman–Crippen MR) is 115 cm³/mol. The molecule has 0 fully saturated rings. The SMILES string of the molecule is CC(C)N1CC2=C(OC(N)=C(C#N)[C@@H]2c2ccccc2)/C(=C\c2ccccc2)C1. The minimum absolute atomic E-state index is 0.189. The maximum absolute atomic E-state index is 9.84. The summed E-state index contributed by atoms with van der Waals surface area (Å²) < 4.78 is 6.08. The van der Waals surface area contributed by atoms with Crippen LogP contribution in [0.15, 0.2) is 89.0 Å². The van der Waals surface area contributed by atoms with Crippen LogP contribution in [-0.2, 0) is 4.74 Å². The second-order valence-electron chi connectivity index (χ2n) is 7.77. The van der Waals surface area contributed by atoms with Gasteiger partial charge in [-0.05, 0) is 36.6 Å². The van der Waals surface area contributed by atoms with E-state index in [0.717, 1.165) is 41.1 Å². The molecular weight excluding hydrogens is 358 g/mol. The van der Waals surface area contributed by atoms with Crippen LogP contribution in [0.2, 0.25) is 0 Å². The van der Waals surface area contributed by atoms with Crippen molar-refractivity contribution in [3.05, 3.63) is 100 Å². The summed E-state index contributed by atoms with van der Waals surface area (Å²) in [4.78, 5) is 2.41.